The van der Waals surface area contributed by atoms with Crippen LogP contribution in [0.15, 0.2) is 18.2 Å². The van der Waals surface area contributed by atoms with Crippen molar-refractivity contribution in [1.29, 1.82) is 0 Å². The number of carboxylic acid groups (broad SMARTS) is 1. The highest BCUT2D eigenvalue weighted by molar-refractivity contribution is 6.16. The second-order valence-corrected chi connectivity index (χ2v) is 8.75. The van der Waals surface area contributed by atoms with Crippen molar-refractivity contribution in [2.45, 2.75) is 103 Å². The zero-order chi connectivity index (χ0) is 23.2. The fourth-order valence-electron chi connectivity index (χ4n) is 4.14. The van der Waals surface area contributed by atoms with Crippen molar-refractivity contribution in [1.82, 2.24) is 0 Å². The largest absolute Gasteiger partial charge is 0.478 e. The molecule has 32 heavy (non-hydrogen) atoms. The molecule has 0 aliphatic carbocycles. The zero-order valence-electron chi connectivity index (χ0n) is 19.5. The van der Waals surface area contributed by atoms with Gasteiger partial charge in [0, 0.05) is 0 Å². The standard InChI is InChI=1S/C27H38O5/c1-2-3-4-5-6-7-8-9-10-11-12-13-14-15-16-17-18-21-19-23-24(20-22(21)25(28)29)27(31)32-26(23)30/h17-20H,2-16H2,1H3,(H,28,29). The van der Waals surface area contributed by atoms with Gasteiger partial charge in [-0.1, -0.05) is 103 Å². The summed E-state index contributed by atoms with van der Waals surface area (Å²) in [7, 11) is 0. The fraction of sp³-hybridized carbons (Fsp3) is 0.593. The highest BCUT2D eigenvalue weighted by Crippen LogP contribution is 2.25. The Bertz CT molecular complexity index is 793. The number of hydrogen-bond donors (Lipinski definition) is 1. The van der Waals surface area contributed by atoms with Gasteiger partial charge in [-0.3, -0.25) is 0 Å². The van der Waals surface area contributed by atoms with E-state index in [0.29, 0.717) is 5.56 Å². The van der Waals surface area contributed by atoms with E-state index >= 15 is 0 Å². The van der Waals surface area contributed by atoms with Crippen LogP contribution in [0.3, 0.4) is 0 Å². The van der Waals surface area contributed by atoms with E-state index in [2.05, 4.69) is 11.7 Å². The van der Waals surface area contributed by atoms with Gasteiger partial charge in [0.1, 0.15) is 0 Å². The van der Waals surface area contributed by atoms with Crippen LogP contribution in [0.1, 0.15) is 140 Å². The van der Waals surface area contributed by atoms with Gasteiger partial charge in [-0.25, -0.2) is 14.4 Å². The van der Waals surface area contributed by atoms with Gasteiger partial charge >= 0.3 is 17.9 Å². The Morgan fingerprint density at radius 1 is 0.781 bits per heavy atom. The van der Waals surface area contributed by atoms with Crippen molar-refractivity contribution < 1.29 is 24.2 Å². The third-order valence-corrected chi connectivity index (χ3v) is 6.07. The summed E-state index contributed by atoms with van der Waals surface area (Å²) in [6.07, 6.45) is 23.0. The van der Waals surface area contributed by atoms with Crippen molar-refractivity contribution in [3.05, 3.63) is 40.5 Å². The number of carbonyl (C=O) groups is 3. The summed E-state index contributed by atoms with van der Waals surface area (Å²) in [6.45, 7) is 2.26. The van der Waals surface area contributed by atoms with Crippen LogP contribution in [0.2, 0.25) is 0 Å². The molecule has 0 saturated carbocycles. The SMILES string of the molecule is CCCCCCCCCCCCCCCCC=Cc1cc2c(cc1C(=O)O)C(=O)OC2=O. The molecule has 0 atom stereocenters. The number of ether oxygens (including phenoxy) is 1. The number of hydrogen-bond acceptors (Lipinski definition) is 4. The highest BCUT2D eigenvalue weighted by atomic mass is 16.6. The average molecular weight is 443 g/mol. The Hall–Kier alpha value is -2.43. The van der Waals surface area contributed by atoms with E-state index < -0.39 is 17.9 Å². The lowest BCUT2D eigenvalue weighted by Crippen LogP contribution is -2.04. The first-order chi connectivity index (χ1) is 15.5. The molecular weight excluding hydrogens is 404 g/mol. The summed E-state index contributed by atoms with van der Waals surface area (Å²) in [5.74, 6) is -2.63. The molecule has 1 aromatic rings. The minimum absolute atomic E-state index is 0.00705. The van der Waals surface area contributed by atoms with E-state index in [1.165, 1.54) is 95.6 Å². The number of carboxylic acids is 1. The van der Waals surface area contributed by atoms with Crippen molar-refractivity contribution in [2.75, 3.05) is 0 Å². The molecule has 0 fully saturated rings. The molecule has 1 N–H and O–H groups in total. The van der Waals surface area contributed by atoms with Gasteiger partial charge in [-0.05, 0) is 30.5 Å². The molecule has 0 aromatic heterocycles. The van der Waals surface area contributed by atoms with Crippen LogP contribution >= 0.6 is 0 Å². The molecule has 5 nitrogen and oxygen atoms in total. The van der Waals surface area contributed by atoms with Gasteiger partial charge in [0.2, 0.25) is 0 Å². The first-order valence-electron chi connectivity index (χ1n) is 12.4. The van der Waals surface area contributed by atoms with Gasteiger partial charge in [0.15, 0.2) is 0 Å². The number of unbranched alkanes of at least 4 members (excludes halogenated alkanes) is 14. The Morgan fingerprint density at radius 2 is 1.25 bits per heavy atom. The lowest BCUT2D eigenvalue weighted by Gasteiger charge is -2.04. The first kappa shape index (κ1) is 25.8. The number of aromatic carboxylic acids is 1. The number of rotatable bonds is 17. The quantitative estimate of drug-likeness (QED) is 0.153. The molecule has 0 unspecified atom stereocenters. The molecule has 0 bridgehead atoms. The van der Waals surface area contributed by atoms with Crippen LogP contribution in [0, 0.1) is 0 Å². The number of carbonyl (C=O) groups excluding carboxylic acids is 2. The average Bonchev–Trinajstić information content (AvgIpc) is 3.05. The van der Waals surface area contributed by atoms with Gasteiger partial charge in [0.05, 0.1) is 16.7 Å². The van der Waals surface area contributed by atoms with E-state index in [9.17, 15) is 19.5 Å². The van der Waals surface area contributed by atoms with Crippen LogP contribution in [0.25, 0.3) is 6.08 Å². The molecule has 0 spiro atoms. The first-order valence-corrected chi connectivity index (χ1v) is 12.4. The van der Waals surface area contributed by atoms with Gasteiger partial charge in [0.25, 0.3) is 0 Å². The Morgan fingerprint density at radius 3 is 1.75 bits per heavy atom. The van der Waals surface area contributed by atoms with Crippen molar-refractivity contribution >= 4 is 24.0 Å². The highest BCUT2D eigenvalue weighted by Gasteiger charge is 2.31. The number of esters is 2. The predicted octanol–water partition coefficient (Wildman–Crippen LogP) is 7.58. The summed E-state index contributed by atoms with van der Waals surface area (Å²) >= 11 is 0. The normalized spacial score (nSPS) is 13.0. The molecule has 1 aliphatic rings. The lowest BCUT2D eigenvalue weighted by molar-refractivity contribution is 0.0443. The summed E-state index contributed by atoms with van der Waals surface area (Å²) in [6, 6.07) is 2.67. The minimum Gasteiger partial charge on any atom is -0.478 e. The summed E-state index contributed by atoms with van der Waals surface area (Å²) in [5, 5.41) is 9.41. The molecule has 1 heterocycles. The van der Waals surface area contributed by atoms with Crippen LogP contribution in [-0.2, 0) is 4.74 Å². The van der Waals surface area contributed by atoms with E-state index in [4.69, 9.17) is 0 Å². The Balaban J connectivity index is 1.58. The summed E-state index contributed by atoms with van der Waals surface area (Å²) in [4.78, 5) is 34.9. The van der Waals surface area contributed by atoms with E-state index in [-0.39, 0.29) is 16.7 Å². The molecular formula is C27H38O5. The van der Waals surface area contributed by atoms with Crippen LogP contribution in [0.5, 0.6) is 0 Å². The number of fused-ring (bicyclic) bond motifs is 1. The molecule has 0 saturated heterocycles. The van der Waals surface area contributed by atoms with E-state index in [0.717, 1.165) is 12.8 Å². The molecule has 0 radical (unpaired) electrons. The maximum atomic E-state index is 11.7. The third-order valence-electron chi connectivity index (χ3n) is 6.07. The predicted molar refractivity (Wildman–Crippen MR) is 127 cm³/mol. The monoisotopic (exact) mass is 442 g/mol. The minimum atomic E-state index is -1.13. The molecule has 0 amide bonds. The lowest BCUT2D eigenvalue weighted by atomic mass is 9.98. The van der Waals surface area contributed by atoms with Crippen molar-refractivity contribution in [3.8, 4) is 0 Å². The molecule has 1 aromatic carbocycles. The Kier molecular flexibility index (Phi) is 11.8. The van der Waals surface area contributed by atoms with Gasteiger partial charge in [-0.15, -0.1) is 0 Å². The van der Waals surface area contributed by atoms with Gasteiger partial charge in [-0.2, -0.15) is 0 Å². The molecule has 5 heteroatoms. The Labute approximate surface area is 192 Å². The second kappa shape index (κ2) is 14.6. The molecule has 1 aliphatic heterocycles. The van der Waals surface area contributed by atoms with Crippen molar-refractivity contribution in [3.63, 3.8) is 0 Å². The molecule has 2 rings (SSSR count). The number of cyclic esters (lactones) is 2. The number of benzene rings is 1. The summed E-state index contributed by atoms with van der Waals surface area (Å²) in [5.41, 5.74) is 0.591. The fourth-order valence-corrected chi connectivity index (χ4v) is 4.14. The van der Waals surface area contributed by atoms with E-state index in [1.54, 1.807) is 6.08 Å². The number of allylic oxidation sites excluding steroid dienone is 1. The smallest absolute Gasteiger partial charge is 0.346 e. The third kappa shape index (κ3) is 8.60. The maximum Gasteiger partial charge on any atom is 0.346 e. The van der Waals surface area contributed by atoms with E-state index in [1.807, 2.05) is 6.08 Å². The topological polar surface area (TPSA) is 80.7 Å². The van der Waals surface area contributed by atoms with Crippen LogP contribution in [-0.4, -0.2) is 23.0 Å². The van der Waals surface area contributed by atoms with Crippen molar-refractivity contribution in [2.24, 2.45) is 0 Å². The van der Waals surface area contributed by atoms with Crippen LogP contribution in [0.4, 0.5) is 0 Å². The molecule has 176 valence electrons. The van der Waals surface area contributed by atoms with Gasteiger partial charge < -0.3 is 9.84 Å². The summed E-state index contributed by atoms with van der Waals surface area (Å²) < 4.78 is 4.56. The van der Waals surface area contributed by atoms with Crippen LogP contribution < -0.4 is 0 Å². The second-order valence-electron chi connectivity index (χ2n) is 8.75. The zero-order valence-corrected chi connectivity index (χ0v) is 19.5. The maximum absolute atomic E-state index is 11.7.